The molecule has 2 heterocycles. The molecule has 2 N–H and O–H groups in total. The fourth-order valence-corrected chi connectivity index (χ4v) is 5.54. The summed E-state index contributed by atoms with van der Waals surface area (Å²) in [6, 6.07) is 3.29. The maximum absolute atomic E-state index is 14.5. The zero-order valence-corrected chi connectivity index (χ0v) is 23.4. The number of imide groups is 1. The van der Waals surface area contributed by atoms with Gasteiger partial charge in [0.05, 0.1) is 0 Å². The summed E-state index contributed by atoms with van der Waals surface area (Å²) >= 11 is 0. The van der Waals surface area contributed by atoms with E-state index in [2.05, 4.69) is 17.2 Å². The maximum atomic E-state index is 14.5. The number of benzene rings is 2. The fraction of sp³-hybridized carbons (Fsp3) is 0.367. The summed E-state index contributed by atoms with van der Waals surface area (Å²) in [7, 11) is 0. The number of halogens is 6. The second kappa shape index (κ2) is 11.7. The first-order valence-corrected chi connectivity index (χ1v) is 13.9. The highest BCUT2D eigenvalue weighted by Crippen LogP contribution is 2.45. The molecule has 9 nitrogen and oxygen atoms in total. The number of rotatable bonds is 8. The third kappa shape index (κ3) is 5.90. The predicted octanol–water partition coefficient (Wildman–Crippen LogP) is 4.33. The molecule has 0 radical (unpaired) electrons. The van der Waals surface area contributed by atoms with Crippen molar-refractivity contribution < 1.29 is 50.3 Å². The average Bonchev–Trinajstić information content (AvgIpc) is 3.27. The first-order chi connectivity index (χ1) is 21.1. The fourth-order valence-electron chi connectivity index (χ4n) is 5.54. The highest BCUT2D eigenvalue weighted by Gasteiger charge is 2.59. The number of piperidine rings is 1. The number of nitrogens with zero attached hydrogens (tertiary/aromatic N) is 2. The molecule has 238 valence electrons. The van der Waals surface area contributed by atoms with Crippen molar-refractivity contribution in [3.05, 3.63) is 77.1 Å². The molecule has 45 heavy (non-hydrogen) atoms. The number of hydrogen-bond donors (Lipinski definition) is 2. The van der Waals surface area contributed by atoms with Crippen LogP contribution in [0, 0.1) is 0 Å². The molecule has 15 heteroatoms. The van der Waals surface area contributed by atoms with Crippen molar-refractivity contribution in [2.24, 2.45) is 0 Å². The number of carbonyl (C=O) groups is 5. The van der Waals surface area contributed by atoms with E-state index < -0.39 is 70.7 Å². The highest BCUT2D eigenvalue weighted by atomic mass is 19.4. The largest absolute Gasteiger partial charge is 0.458 e. The quantitative estimate of drug-likeness (QED) is 0.255. The molecule has 2 atom stereocenters. The molecule has 0 bridgehead atoms. The van der Waals surface area contributed by atoms with Gasteiger partial charge in [0.1, 0.15) is 12.1 Å². The third-order valence-corrected chi connectivity index (χ3v) is 8.12. The molecule has 2 unspecified atom stereocenters. The molecule has 2 aromatic rings. The molecule has 1 aliphatic carbocycles. The van der Waals surface area contributed by atoms with Crippen molar-refractivity contribution in [2.45, 2.75) is 68.9 Å². The van der Waals surface area contributed by atoms with Crippen molar-refractivity contribution in [2.75, 3.05) is 4.90 Å². The molecule has 0 aromatic heterocycles. The minimum Gasteiger partial charge on any atom is -0.351 e. The van der Waals surface area contributed by atoms with Gasteiger partial charge in [-0.25, -0.2) is 4.39 Å². The Kier molecular flexibility index (Phi) is 8.23. The summed E-state index contributed by atoms with van der Waals surface area (Å²) in [6.07, 6.45) is -4.07. The third-order valence-electron chi connectivity index (χ3n) is 8.12. The molecule has 2 aliphatic heterocycles. The van der Waals surface area contributed by atoms with Crippen LogP contribution in [0.15, 0.2) is 54.9 Å². The zero-order valence-electron chi connectivity index (χ0n) is 23.4. The van der Waals surface area contributed by atoms with Gasteiger partial charge < -0.3 is 10.2 Å². The second-order valence-electron chi connectivity index (χ2n) is 11.1. The van der Waals surface area contributed by atoms with E-state index in [-0.39, 0.29) is 42.2 Å². The number of anilines is 1. The van der Waals surface area contributed by atoms with E-state index in [1.807, 2.05) is 0 Å². The van der Waals surface area contributed by atoms with E-state index >= 15 is 0 Å². The van der Waals surface area contributed by atoms with Crippen LogP contribution < -0.4 is 15.5 Å². The van der Waals surface area contributed by atoms with Gasteiger partial charge in [-0.05, 0) is 61.1 Å². The summed E-state index contributed by atoms with van der Waals surface area (Å²) in [5.41, 5.74) is -1.81. The predicted molar refractivity (Wildman–Crippen MR) is 145 cm³/mol. The van der Waals surface area contributed by atoms with Crippen molar-refractivity contribution in [1.82, 2.24) is 15.5 Å². The summed E-state index contributed by atoms with van der Waals surface area (Å²) in [4.78, 5) is 65.9. The average molecular weight is 637 g/mol. The summed E-state index contributed by atoms with van der Waals surface area (Å²) in [5.74, 6) is -11.1. The lowest BCUT2D eigenvalue weighted by Gasteiger charge is -2.34. The highest BCUT2D eigenvalue weighted by molar-refractivity contribution is 6.09. The van der Waals surface area contributed by atoms with Gasteiger partial charge in [-0.15, -0.1) is 0 Å². The Bertz CT molecular complexity index is 1610. The number of fused-ring (bicyclic) bond motifs is 1. The van der Waals surface area contributed by atoms with E-state index in [1.165, 1.54) is 23.1 Å². The molecule has 1 saturated heterocycles. The minimum atomic E-state index is -5.97. The van der Waals surface area contributed by atoms with Crippen LogP contribution >= 0.6 is 0 Å². The van der Waals surface area contributed by atoms with Crippen LogP contribution in [-0.2, 0) is 31.6 Å². The SMILES string of the molecule is C=C(F)C(=O)N(c1ccc2c(c1)CN(C1CCC(=O)NC1=O)C2=O)C(C(=O)NC1CCC1)c1cccc(C(F)(F)C(F)(F)F)c1. The van der Waals surface area contributed by atoms with Gasteiger partial charge in [-0.2, -0.15) is 22.0 Å². The van der Waals surface area contributed by atoms with Crippen LogP contribution in [0.2, 0.25) is 0 Å². The van der Waals surface area contributed by atoms with Crippen molar-refractivity contribution in [3.63, 3.8) is 0 Å². The monoisotopic (exact) mass is 636 g/mol. The van der Waals surface area contributed by atoms with Crippen LogP contribution in [0.3, 0.4) is 0 Å². The molecule has 0 spiro atoms. The summed E-state index contributed by atoms with van der Waals surface area (Å²) in [5, 5.41) is 4.80. The Morgan fingerprint density at radius 1 is 1.02 bits per heavy atom. The van der Waals surface area contributed by atoms with Gasteiger partial charge in [-0.3, -0.25) is 34.2 Å². The van der Waals surface area contributed by atoms with E-state index in [1.54, 1.807) is 0 Å². The van der Waals surface area contributed by atoms with Crippen LogP contribution in [0.4, 0.5) is 32.0 Å². The van der Waals surface area contributed by atoms with Crippen molar-refractivity contribution in [3.8, 4) is 0 Å². The molecule has 3 aliphatic rings. The second-order valence-corrected chi connectivity index (χ2v) is 11.1. The molecule has 1 saturated carbocycles. The van der Waals surface area contributed by atoms with Gasteiger partial charge in [0.25, 0.3) is 11.8 Å². The zero-order chi connectivity index (χ0) is 32.8. The Balaban J connectivity index is 1.58. The van der Waals surface area contributed by atoms with Crippen molar-refractivity contribution >= 4 is 35.2 Å². The lowest BCUT2D eigenvalue weighted by atomic mass is 9.92. The summed E-state index contributed by atoms with van der Waals surface area (Å²) in [6.45, 7) is 2.83. The van der Waals surface area contributed by atoms with Crippen LogP contribution in [0.25, 0.3) is 0 Å². The summed E-state index contributed by atoms with van der Waals surface area (Å²) < 4.78 is 82.9. The van der Waals surface area contributed by atoms with Crippen LogP contribution in [0.5, 0.6) is 0 Å². The number of carbonyl (C=O) groups excluding carboxylic acids is 5. The van der Waals surface area contributed by atoms with E-state index in [9.17, 15) is 50.3 Å². The number of hydrogen-bond acceptors (Lipinski definition) is 5. The molecule has 5 rings (SSSR count). The molecular formula is C30H26F6N4O5. The van der Waals surface area contributed by atoms with E-state index in [4.69, 9.17) is 0 Å². The minimum absolute atomic E-state index is 0.00704. The standard InChI is InChI=1S/C30H26F6N4O5/c1-15(31)27(44)40(20-8-9-21-17(13-20)14-39(28(21)45)22-10-11-23(41)38-25(22)42)24(26(43)37-19-6-3-7-19)16-4-2-5-18(12-16)29(32,33)30(34,35)36/h2,4-5,8-9,12-13,19,22,24H,1,3,6-7,10-11,14H2,(H,37,43)(H,38,41,42). The maximum Gasteiger partial charge on any atom is 0.458 e. The van der Waals surface area contributed by atoms with Crippen molar-refractivity contribution in [1.29, 1.82) is 0 Å². The Morgan fingerprint density at radius 2 is 1.73 bits per heavy atom. The van der Waals surface area contributed by atoms with Gasteiger partial charge >= 0.3 is 12.1 Å². The lowest BCUT2D eigenvalue weighted by molar-refractivity contribution is -0.289. The number of amides is 5. The Labute approximate surface area is 252 Å². The smallest absolute Gasteiger partial charge is 0.351 e. The molecule has 2 fully saturated rings. The van der Waals surface area contributed by atoms with Gasteiger partial charge in [0.2, 0.25) is 17.7 Å². The van der Waals surface area contributed by atoms with Gasteiger partial charge in [-0.1, -0.05) is 24.8 Å². The van der Waals surface area contributed by atoms with Crippen LogP contribution in [-0.4, -0.2) is 52.7 Å². The normalized spacial score (nSPS) is 19.4. The Morgan fingerprint density at radius 3 is 2.33 bits per heavy atom. The van der Waals surface area contributed by atoms with Gasteiger partial charge in [0.15, 0.2) is 5.83 Å². The first kappa shape index (κ1) is 31.7. The Hall–Kier alpha value is -4.69. The van der Waals surface area contributed by atoms with Gasteiger partial charge in [0, 0.05) is 35.8 Å². The lowest BCUT2D eigenvalue weighted by Crippen LogP contribution is -2.52. The molecular weight excluding hydrogens is 610 g/mol. The van der Waals surface area contributed by atoms with E-state index in [0.717, 1.165) is 18.6 Å². The topological polar surface area (TPSA) is 116 Å². The van der Waals surface area contributed by atoms with Crippen LogP contribution in [0.1, 0.15) is 65.2 Å². The first-order valence-electron chi connectivity index (χ1n) is 13.9. The molecule has 5 amide bonds. The number of alkyl halides is 5. The number of nitrogens with one attached hydrogen (secondary N) is 2. The van der Waals surface area contributed by atoms with E-state index in [0.29, 0.717) is 29.9 Å². The molecule has 2 aromatic carbocycles.